The number of hydrogen-bond acceptors (Lipinski definition) is 14. The number of aliphatic carboxylic acids is 3. The summed E-state index contributed by atoms with van der Waals surface area (Å²) in [6, 6.07) is 4.40. The van der Waals surface area contributed by atoms with Crippen LogP contribution in [-0.2, 0) is 51.3 Å². The second kappa shape index (κ2) is 26.4. The van der Waals surface area contributed by atoms with Crippen molar-refractivity contribution in [3.8, 4) is 0 Å². The second-order valence-corrected chi connectivity index (χ2v) is 18.5. The maximum absolute atomic E-state index is 14.0. The lowest BCUT2D eigenvalue weighted by Crippen LogP contribution is -2.50. The van der Waals surface area contributed by atoms with Crippen LogP contribution in [0.1, 0.15) is 67.9 Å². The molecule has 5 N–H and O–H groups in total. The number of fused-ring (bicyclic) bond motifs is 1. The van der Waals surface area contributed by atoms with Gasteiger partial charge in [0.1, 0.15) is 0 Å². The number of nitrogens with one attached hydrogen (secondary N) is 2. The Balaban J connectivity index is 1.42. The molecule has 21 heteroatoms. The van der Waals surface area contributed by atoms with Crippen molar-refractivity contribution in [3.63, 3.8) is 0 Å². The first-order valence-electron chi connectivity index (χ1n) is 22.8. The van der Waals surface area contributed by atoms with Crippen LogP contribution in [0.5, 0.6) is 0 Å². The molecule has 3 aliphatic rings. The number of amides is 5. The number of ketones is 1. The zero-order chi connectivity index (χ0) is 48.5. The number of carbonyl (C=O) groups excluding carboxylic acids is 6. The van der Waals surface area contributed by atoms with Gasteiger partial charge in [-0.25, -0.2) is 0 Å². The number of rotatable bonds is 22. The third-order valence-electron chi connectivity index (χ3n) is 12.7. The number of likely N-dealkylation sites (tertiary alicyclic amines) is 1. The fraction of sp³-hybridized carbons (Fsp3) is 0.667. The van der Waals surface area contributed by atoms with E-state index in [0.29, 0.717) is 50.2 Å². The molecule has 1 aromatic carbocycles. The summed E-state index contributed by atoms with van der Waals surface area (Å²) in [5.41, 5.74) is 1.92. The van der Waals surface area contributed by atoms with E-state index >= 15 is 0 Å². The number of Topliss-reactive ketones (excluding diaryl/α,β-unsaturated/α-hetero) is 1. The third kappa shape index (κ3) is 16.4. The van der Waals surface area contributed by atoms with Gasteiger partial charge in [0.25, 0.3) is 5.91 Å². The summed E-state index contributed by atoms with van der Waals surface area (Å²) >= 11 is 1.53. The van der Waals surface area contributed by atoms with Crippen LogP contribution in [0.15, 0.2) is 18.2 Å². The number of thioether (sulfide) groups is 1. The Morgan fingerprint density at radius 3 is 1.83 bits per heavy atom. The van der Waals surface area contributed by atoms with Crippen molar-refractivity contribution in [2.75, 3.05) is 110 Å². The van der Waals surface area contributed by atoms with Gasteiger partial charge < -0.3 is 30.9 Å². The molecule has 3 heterocycles. The van der Waals surface area contributed by atoms with Crippen LogP contribution in [0.4, 0.5) is 0 Å². The third-order valence-corrected chi connectivity index (χ3v) is 13.4. The molecule has 4 atom stereocenters. The smallest absolute Gasteiger partial charge is 0.317 e. The van der Waals surface area contributed by atoms with E-state index in [0.717, 1.165) is 16.0 Å². The number of benzene rings is 1. The van der Waals surface area contributed by atoms with E-state index in [9.17, 15) is 58.5 Å². The van der Waals surface area contributed by atoms with Crippen molar-refractivity contribution in [3.05, 3.63) is 34.9 Å². The Morgan fingerprint density at radius 2 is 1.35 bits per heavy atom. The predicted molar refractivity (Wildman–Crippen MR) is 245 cm³/mol. The van der Waals surface area contributed by atoms with E-state index in [1.807, 2.05) is 31.1 Å². The van der Waals surface area contributed by atoms with Gasteiger partial charge in [-0.15, -0.1) is 0 Å². The Hall–Kier alpha value is -4.96. The molecule has 0 aromatic heterocycles. The number of carboxylic acids is 3. The van der Waals surface area contributed by atoms with E-state index in [-0.39, 0.29) is 133 Å². The zero-order valence-corrected chi connectivity index (χ0v) is 39.5. The minimum absolute atomic E-state index is 0.0194. The van der Waals surface area contributed by atoms with Crippen molar-refractivity contribution in [2.24, 2.45) is 17.8 Å². The predicted octanol–water partition coefficient (Wildman–Crippen LogP) is 0.0309. The molecule has 66 heavy (non-hydrogen) atoms. The Bertz CT molecular complexity index is 1890. The van der Waals surface area contributed by atoms with Crippen LogP contribution >= 0.6 is 11.8 Å². The molecule has 1 unspecified atom stereocenters. The minimum atomic E-state index is -1.05. The molecule has 1 aromatic rings. The van der Waals surface area contributed by atoms with Gasteiger partial charge in [-0.3, -0.25) is 67.7 Å². The van der Waals surface area contributed by atoms with Crippen molar-refractivity contribution in [2.45, 2.75) is 65.5 Å². The van der Waals surface area contributed by atoms with Gasteiger partial charge in [-0.2, -0.15) is 11.8 Å². The van der Waals surface area contributed by atoms with Crippen molar-refractivity contribution in [1.29, 1.82) is 0 Å². The summed E-state index contributed by atoms with van der Waals surface area (Å²) in [6.07, 6.45) is 3.26. The molecule has 4 rings (SSSR count). The molecule has 366 valence electrons. The molecule has 0 spiro atoms. The number of imide groups is 1. The molecule has 0 radical (unpaired) electrons. The molecule has 2 fully saturated rings. The highest BCUT2D eigenvalue weighted by Crippen LogP contribution is 2.25. The summed E-state index contributed by atoms with van der Waals surface area (Å²) in [4.78, 5) is 125. The molecule has 5 amide bonds. The van der Waals surface area contributed by atoms with Crippen LogP contribution in [0.2, 0.25) is 0 Å². The lowest BCUT2D eigenvalue weighted by Gasteiger charge is -2.35. The average molecular weight is 945 g/mol. The van der Waals surface area contributed by atoms with Crippen molar-refractivity contribution < 1.29 is 58.5 Å². The monoisotopic (exact) mass is 944 g/mol. The summed E-state index contributed by atoms with van der Waals surface area (Å²) in [6.45, 7) is 7.49. The molecular formula is C45H68N8O12S. The Labute approximate surface area is 390 Å². The molecule has 0 saturated carbocycles. The maximum atomic E-state index is 14.0. The first kappa shape index (κ1) is 53.7. The van der Waals surface area contributed by atoms with Crippen molar-refractivity contribution >= 4 is 65.0 Å². The largest absolute Gasteiger partial charge is 0.480 e. The number of nitrogens with zero attached hydrogens (tertiary/aromatic N) is 6. The van der Waals surface area contributed by atoms with Gasteiger partial charge in [-0.05, 0) is 48.0 Å². The zero-order valence-electron chi connectivity index (χ0n) is 38.7. The second-order valence-electron chi connectivity index (χ2n) is 17.5. The van der Waals surface area contributed by atoms with E-state index in [4.69, 9.17) is 0 Å². The molecule has 20 nitrogen and oxygen atoms in total. The standard InChI is InChI=1S/C45H68N8O12S/c1-5-30(2)35(43(63)46-11-13-53-38(55)23-31(3)45(53)65)24-37(54)36(10-22-66-4)47-44(64)34-8-6-7-32-25-52(12-9-33(32)34)39(56)26-48-14-16-49(27-40(57)58)18-20-51(29-42(61)62)21-19-50(17-15-48)28-41(59)60/h6-8,30-31,35-36H,5,9-29H2,1-4H3,(H,46,63)(H,47,64)(H,57,58)(H,59,60)(H,61,62)/t30-,31?,35-,36-/m0/s1. The maximum Gasteiger partial charge on any atom is 0.317 e. The first-order chi connectivity index (χ1) is 31.4. The van der Waals surface area contributed by atoms with Gasteiger partial charge in [0.2, 0.25) is 23.6 Å². The SMILES string of the molecule is CC[C@H](C)[C@H](CC(=O)[C@H](CCSC)NC(=O)c1cccc2c1CCN(C(=O)CN1CCN(CC(=O)O)CCN(CC(=O)O)CCN(CC(=O)O)CC1)C2)C(=O)NCCN1C(=O)CC(C)C1=O. The quantitative estimate of drug-likeness (QED) is 0.0962. The van der Waals surface area contributed by atoms with Gasteiger partial charge in [0.15, 0.2) is 5.78 Å². The van der Waals surface area contributed by atoms with E-state index < -0.39 is 41.7 Å². The lowest BCUT2D eigenvalue weighted by molar-refractivity contribution is -0.141. The summed E-state index contributed by atoms with van der Waals surface area (Å²) in [5, 5.41) is 34.4. The van der Waals surface area contributed by atoms with Crippen LogP contribution < -0.4 is 10.6 Å². The molecule has 2 saturated heterocycles. The van der Waals surface area contributed by atoms with Crippen LogP contribution in [0.25, 0.3) is 0 Å². The van der Waals surface area contributed by atoms with Gasteiger partial charge in [0.05, 0.1) is 32.2 Å². The van der Waals surface area contributed by atoms with Crippen molar-refractivity contribution in [1.82, 2.24) is 40.0 Å². The number of carbonyl (C=O) groups is 9. The topological polar surface area (TPSA) is 258 Å². The highest BCUT2D eigenvalue weighted by atomic mass is 32.2. The van der Waals surface area contributed by atoms with Crippen LogP contribution in [-0.4, -0.2) is 214 Å². The first-order valence-corrected chi connectivity index (χ1v) is 24.2. The van der Waals surface area contributed by atoms with Crippen LogP contribution in [0.3, 0.4) is 0 Å². The summed E-state index contributed by atoms with van der Waals surface area (Å²) < 4.78 is 0. The summed E-state index contributed by atoms with van der Waals surface area (Å²) in [7, 11) is 0. The highest BCUT2D eigenvalue weighted by Gasteiger charge is 2.36. The summed E-state index contributed by atoms with van der Waals surface area (Å²) in [5.74, 6) is -5.62. The molecular weight excluding hydrogens is 877 g/mol. The van der Waals surface area contributed by atoms with E-state index in [1.165, 1.54) is 11.8 Å². The number of carboxylic acid groups (broad SMARTS) is 3. The van der Waals surface area contributed by atoms with E-state index in [2.05, 4.69) is 10.6 Å². The Kier molecular flexibility index (Phi) is 21.5. The molecule has 0 aliphatic carbocycles. The average Bonchev–Trinajstić information content (AvgIpc) is 3.51. The van der Waals surface area contributed by atoms with Gasteiger partial charge >= 0.3 is 17.9 Å². The number of hydrogen-bond donors (Lipinski definition) is 5. The van der Waals surface area contributed by atoms with Gasteiger partial charge in [0, 0.05) is 109 Å². The van der Waals surface area contributed by atoms with Crippen LogP contribution in [0, 0.1) is 17.8 Å². The molecule has 3 aliphatic heterocycles. The van der Waals surface area contributed by atoms with E-state index in [1.54, 1.807) is 38.7 Å². The highest BCUT2D eigenvalue weighted by molar-refractivity contribution is 7.98. The fourth-order valence-corrected chi connectivity index (χ4v) is 9.07. The minimum Gasteiger partial charge on any atom is -0.480 e. The lowest BCUT2D eigenvalue weighted by atomic mass is 9.85. The fourth-order valence-electron chi connectivity index (χ4n) is 8.60. The molecule has 0 bridgehead atoms. The normalized spacial score (nSPS) is 19.8. The van der Waals surface area contributed by atoms with Gasteiger partial charge in [-0.1, -0.05) is 39.3 Å². The Morgan fingerprint density at radius 1 is 0.803 bits per heavy atom.